The average molecular weight is 482 g/mol. The zero-order valence-corrected chi connectivity index (χ0v) is 18.7. The standard InChI is InChI=1S/C23H20ClN5O5/c24-18-6-1-2-7-19(18)28-12-15(11-21(28)30)23(31)27(16-8-9-16)13-20-25-26-22(34-20)14-4-3-5-17(10-14)29(32)33/h1-7,10,15-16H,8-9,11-13H2. The highest BCUT2D eigenvalue weighted by Gasteiger charge is 2.42. The van der Waals surface area contributed by atoms with E-state index in [0.29, 0.717) is 16.3 Å². The number of benzene rings is 2. The van der Waals surface area contributed by atoms with Gasteiger partial charge in [0, 0.05) is 36.7 Å². The number of nitro benzene ring substituents is 1. The van der Waals surface area contributed by atoms with Crippen LogP contribution >= 0.6 is 11.6 Å². The number of halogens is 1. The van der Waals surface area contributed by atoms with Gasteiger partial charge in [-0.05, 0) is 31.0 Å². The summed E-state index contributed by atoms with van der Waals surface area (Å²) in [4.78, 5) is 39.8. The van der Waals surface area contributed by atoms with Crippen LogP contribution in [0.1, 0.15) is 25.2 Å². The van der Waals surface area contributed by atoms with E-state index < -0.39 is 10.8 Å². The van der Waals surface area contributed by atoms with Gasteiger partial charge in [-0.2, -0.15) is 0 Å². The molecule has 34 heavy (non-hydrogen) atoms. The Balaban J connectivity index is 1.31. The number of nitro groups is 1. The van der Waals surface area contributed by atoms with Crippen LogP contribution in [0.3, 0.4) is 0 Å². The first-order valence-corrected chi connectivity index (χ1v) is 11.2. The van der Waals surface area contributed by atoms with Gasteiger partial charge in [-0.25, -0.2) is 0 Å². The van der Waals surface area contributed by atoms with E-state index in [1.54, 1.807) is 46.2 Å². The number of amides is 2. The second kappa shape index (κ2) is 8.86. The molecule has 1 saturated carbocycles. The fourth-order valence-electron chi connectivity index (χ4n) is 4.12. The third-order valence-corrected chi connectivity index (χ3v) is 6.28. The Kier molecular flexibility index (Phi) is 5.74. The summed E-state index contributed by atoms with van der Waals surface area (Å²) < 4.78 is 5.72. The second-order valence-corrected chi connectivity index (χ2v) is 8.77. The normalized spacial score (nSPS) is 17.7. The van der Waals surface area contributed by atoms with Crippen LogP contribution < -0.4 is 4.90 Å². The van der Waals surface area contributed by atoms with Crippen LogP contribution in [0.15, 0.2) is 52.9 Å². The van der Waals surface area contributed by atoms with Gasteiger partial charge >= 0.3 is 0 Å². The minimum Gasteiger partial charge on any atom is -0.419 e. The molecule has 10 nitrogen and oxygen atoms in total. The number of non-ortho nitro benzene ring substituents is 1. The van der Waals surface area contributed by atoms with Crippen LogP contribution in [0.25, 0.3) is 11.5 Å². The van der Waals surface area contributed by atoms with Gasteiger partial charge < -0.3 is 14.2 Å². The van der Waals surface area contributed by atoms with E-state index in [-0.39, 0.29) is 54.8 Å². The topological polar surface area (TPSA) is 123 Å². The Morgan fingerprint density at radius 1 is 1.21 bits per heavy atom. The molecule has 174 valence electrons. The van der Waals surface area contributed by atoms with Crippen molar-refractivity contribution >= 4 is 34.8 Å². The Hall–Kier alpha value is -3.79. The van der Waals surface area contributed by atoms with Gasteiger partial charge in [-0.3, -0.25) is 19.7 Å². The van der Waals surface area contributed by atoms with E-state index >= 15 is 0 Å². The molecule has 5 rings (SSSR count). The highest BCUT2D eigenvalue weighted by molar-refractivity contribution is 6.33. The van der Waals surface area contributed by atoms with E-state index in [4.69, 9.17) is 16.0 Å². The lowest BCUT2D eigenvalue weighted by Gasteiger charge is -2.24. The number of nitrogens with zero attached hydrogens (tertiary/aromatic N) is 5. The third-order valence-electron chi connectivity index (χ3n) is 5.96. The molecule has 0 N–H and O–H groups in total. The van der Waals surface area contributed by atoms with Crippen molar-refractivity contribution in [3.63, 3.8) is 0 Å². The number of carbonyl (C=O) groups excluding carboxylic acids is 2. The van der Waals surface area contributed by atoms with Gasteiger partial charge in [-0.15, -0.1) is 10.2 Å². The van der Waals surface area contributed by atoms with Gasteiger partial charge in [0.1, 0.15) is 0 Å². The molecule has 1 aliphatic carbocycles. The summed E-state index contributed by atoms with van der Waals surface area (Å²) in [5, 5.41) is 19.5. The number of carbonyl (C=O) groups is 2. The minimum atomic E-state index is -0.497. The molecule has 0 radical (unpaired) electrons. The van der Waals surface area contributed by atoms with Crippen LogP contribution in [0.2, 0.25) is 5.02 Å². The Bertz CT molecular complexity index is 1270. The van der Waals surface area contributed by atoms with E-state index in [2.05, 4.69) is 10.2 Å². The average Bonchev–Trinajstić information content (AvgIpc) is 3.44. The predicted octanol–water partition coefficient (Wildman–Crippen LogP) is 3.84. The highest BCUT2D eigenvalue weighted by Crippen LogP contribution is 2.35. The highest BCUT2D eigenvalue weighted by atomic mass is 35.5. The van der Waals surface area contributed by atoms with Gasteiger partial charge in [0.25, 0.3) is 5.69 Å². The van der Waals surface area contributed by atoms with Gasteiger partial charge in [0.2, 0.25) is 23.6 Å². The molecule has 2 aromatic carbocycles. The molecule has 2 heterocycles. The summed E-state index contributed by atoms with van der Waals surface area (Å²) >= 11 is 6.25. The summed E-state index contributed by atoms with van der Waals surface area (Å²) in [6.45, 7) is 0.371. The van der Waals surface area contributed by atoms with Crippen molar-refractivity contribution in [2.45, 2.75) is 31.8 Å². The van der Waals surface area contributed by atoms with Crippen LogP contribution in [0.4, 0.5) is 11.4 Å². The Morgan fingerprint density at radius 3 is 2.74 bits per heavy atom. The van der Waals surface area contributed by atoms with Crippen LogP contribution in [0, 0.1) is 16.0 Å². The Morgan fingerprint density at radius 2 is 2.00 bits per heavy atom. The van der Waals surface area contributed by atoms with E-state index in [1.807, 2.05) is 0 Å². The molecule has 1 aromatic heterocycles. The molecular formula is C23H20ClN5O5. The molecule has 2 fully saturated rings. The number of hydrogen-bond donors (Lipinski definition) is 0. The first-order chi connectivity index (χ1) is 16.4. The number of anilines is 1. The first kappa shape index (κ1) is 22.0. The summed E-state index contributed by atoms with van der Waals surface area (Å²) in [6.07, 6.45) is 1.84. The molecule has 11 heteroatoms. The van der Waals surface area contributed by atoms with Crippen molar-refractivity contribution in [3.05, 3.63) is 69.6 Å². The van der Waals surface area contributed by atoms with E-state index in [1.165, 1.54) is 12.1 Å². The summed E-state index contributed by atoms with van der Waals surface area (Å²) in [7, 11) is 0. The Labute approximate surface area is 199 Å². The monoisotopic (exact) mass is 481 g/mol. The van der Waals surface area contributed by atoms with Crippen LogP contribution in [-0.4, -0.2) is 44.4 Å². The summed E-state index contributed by atoms with van der Waals surface area (Å²) in [5.41, 5.74) is 0.941. The minimum absolute atomic E-state index is 0.0603. The van der Waals surface area contributed by atoms with Crippen molar-refractivity contribution in [1.82, 2.24) is 15.1 Å². The second-order valence-electron chi connectivity index (χ2n) is 8.36. The molecule has 1 unspecified atom stereocenters. The summed E-state index contributed by atoms with van der Waals surface area (Å²) in [6, 6.07) is 13.0. The molecule has 2 aliphatic rings. The van der Waals surface area contributed by atoms with Crippen molar-refractivity contribution in [1.29, 1.82) is 0 Å². The third kappa shape index (κ3) is 4.36. The molecule has 3 aromatic rings. The maximum absolute atomic E-state index is 13.4. The molecule has 1 atom stereocenters. The lowest BCUT2D eigenvalue weighted by molar-refractivity contribution is -0.384. The smallest absolute Gasteiger partial charge is 0.270 e. The van der Waals surface area contributed by atoms with Crippen LogP contribution in [-0.2, 0) is 16.1 Å². The SMILES string of the molecule is O=C1CC(C(=O)N(Cc2nnc(-c3cccc([N+](=O)[O-])c3)o2)C2CC2)CN1c1ccccc1Cl. The lowest BCUT2D eigenvalue weighted by Crippen LogP contribution is -2.38. The van der Waals surface area contributed by atoms with Gasteiger partial charge in [0.05, 0.1) is 28.1 Å². The van der Waals surface area contributed by atoms with Crippen molar-refractivity contribution in [2.75, 3.05) is 11.4 Å². The first-order valence-electron chi connectivity index (χ1n) is 10.8. The molecular weight excluding hydrogens is 462 g/mol. The van der Waals surface area contributed by atoms with Gasteiger partial charge in [-0.1, -0.05) is 29.8 Å². The maximum Gasteiger partial charge on any atom is 0.270 e. The number of para-hydroxylation sites is 1. The molecule has 0 bridgehead atoms. The van der Waals surface area contributed by atoms with Crippen molar-refractivity contribution < 1.29 is 18.9 Å². The van der Waals surface area contributed by atoms with Crippen molar-refractivity contribution in [3.8, 4) is 11.5 Å². The van der Waals surface area contributed by atoms with E-state index in [9.17, 15) is 19.7 Å². The largest absolute Gasteiger partial charge is 0.419 e. The zero-order chi connectivity index (χ0) is 23.8. The van der Waals surface area contributed by atoms with Gasteiger partial charge in [0.15, 0.2) is 0 Å². The number of rotatable bonds is 7. The molecule has 0 spiro atoms. The molecule has 1 saturated heterocycles. The zero-order valence-electron chi connectivity index (χ0n) is 18.0. The van der Waals surface area contributed by atoms with E-state index in [0.717, 1.165) is 12.8 Å². The van der Waals surface area contributed by atoms with Crippen molar-refractivity contribution in [2.24, 2.45) is 5.92 Å². The predicted molar refractivity (Wildman–Crippen MR) is 122 cm³/mol. The summed E-state index contributed by atoms with van der Waals surface area (Å²) in [5.74, 6) is -0.408. The number of hydrogen-bond acceptors (Lipinski definition) is 7. The molecule has 1 aliphatic heterocycles. The fraction of sp³-hybridized carbons (Fsp3) is 0.304. The lowest BCUT2D eigenvalue weighted by atomic mass is 10.1. The van der Waals surface area contributed by atoms with Crippen LogP contribution in [0.5, 0.6) is 0 Å². The number of aromatic nitrogens is 2. The maximum atomic E-state index is 13.4. The quantitative estimate of drug-likeness (QED) is 0.371. The fourth-order valence-corrected chi connectivity index (χ4v) is 4.35. The molecule has 2 amide bonds.